The first kappa shape index (κ1) is 24.1. The molecule has 0 N–H and O–H groups in total. The van der Waals surface area contributed by atoms with E-state index >= 15 is 0 Å². The number of hydrogen-bond donors (Lipinski definition) is 0. The zero-order valence-corrected chi connectivity index (χ0v) is 19.9. The van der Waals surface area contributed by atoms with Crippen molar-refractivity contribution < 1.29 is 30.0 Å². The van der Waals surface area contributed by atoms with E-state index in [9.17, 15) is 30.0 Å². The van der Waals surface area contributed by atoms with Gasteiger partial charge in [0.05, 0.1) is 22.0 Å². The number of fused-ring (bicyclic) bond motifs is 2. The zero-order chi connectivity index (χ0) is 25.1. The summed E-state index contributed by atoms with van der Waals surface area (Å²) in [6.45, 7) is 2.94. The van der Waals surface area contributed by atoms with Crippen LogP contribution in [0.15, 0.2) is 46.5 Å². The summed E-state index contributed by atoms with van der Waals surface area (Å²) in [5, 5.41) is 0.527. The van der Waals surface area contributed by atoms with E-state index < -0.39 is 31.4 Å². The minimum absolute atomic E-state index is 0.0148. The summed E-state index contributed by atoms with van der Waals surface area (Å²) in [5.41, 5.74) is -0.996. The molecule has 0 aliphatic rings. The second-order valence-electron chi connectivity index (χ2n) is 7.55. The number of aryl methyl sites for hydroxylation is 1. The summed E-state index contributed by atoms with van der Waals surface area (Å²) in [6, 6.07) is 4.91. The average Bonchev–Trinajstić information content (AvgIpc) is 3.13. The first-order chi connectivity index (χ1) is 15.8. The van der Waals surface area contributed by atoms with Crippen LogP contribution in [0.4, 0.5) is 13.2 Å². The summed E-state index contributed by atoms with van der Waals surface area (Å²) in [7, 11) is -5.95. The highest BCUT2D eigenvalue weighted by Crippen LogP contribution is 2.35. The molecule has 0 fully saturated rings. The second-order valence-corrected chi connectivity index (χ2v) is 12.0. The van der Waals surface area contributed by atoms with Crippen molar-refractivity contribution in [1.82, 2.24) is 19.5 Å². The molecule has 4 aromatic rings. The van der Waals surface area contributed by atoms with Crippen LogP contribution in [0.5, 0.6) is 0 Å². The van der Waals surface area contributed by atoms with E-state index in [0.29, 0.717) is 11.6 Å². The number of rotatable bonds is 5. The molecule has 0 atom stereocenters. The largest absolute Gasteiger partial charge is 0.417 e. The Kier molecular flexibility index (Phi) is 5.67. The van der Waals surface area contributed by atoms with Crippen molar-refractivity contribution in [2.75, 3.05) is 11.5 Å². The van der Waals surface area contributed by atoms with Crippen LogP contribution < -0.4 is 0 Å². The summed E-state index contributed by atoms with van der Waals surface area (Å²) in [4.78, 5) is 12.2. The molecule has 0 aliphatic heterocycles. The molecule has 0 amide bonds. The number of halogens is 3. The Labute approximate surface area is 193 Å². The quantitative estimate of drug-likeness (QED) is 0.400. The molecule has 180 valence electrons. The summed E-state index contributed by atoms with van der Waals surface area (Å²) < 4.78 is 91.5. The van der Waals surface area contributed by atoms with Crippen molar-refractivity contribution in [1.29, 1.82) is 0 Å². The number of aromatic nitrogens is 4. The van der Waals surface area contributed by atoms with Crippen LogP contribution in [-0.4, -0.2) is 47.9 Å². The molecular weight excluding hydrogens is 493 g/mol. The molecule has 0 bridgehead atoms. The Balaban J connectivity index is 2.04. The zero-order valence-electron chi connectivity index (χ0n) is 18.3. The fraction of sp³-hybridized carbons (Fsp3) is 0.286. The second kappa shape index (κ2) is 8.01. The molecule has 0 saturated carbocycles. The van der Waals surface area contributed by atoms with Crippen LogP contribution in [0.2, 0.25) is 0 Å². The van der Waals surface area contributed by atoms with Gasteiger partial charge in [-0.2, -0.15) is 13.2 Å². The lowest BCUT2D eigenvalue weighted by Crippen LogP contribution is -2.10. The maximum absolute atomic E-state index is 13.1. The van der Waals surface area contributed by atoms with Crippen LogP contribution in [-0.2, 0) is 32.9 Å². The van der Waals surface area contributed by atoms with E-state index in [1.54, 1.807) is 0 Å². The maximum atomic E-state index is 13.1. The highest BCUT2D eigenvalue weighted by atomic mass is 32.2. The predicted molar refractivity (Wildman–Crippen MR) is 120 cm³/mol. The number of imidazole rings is 1. The molecular formula is C21H19F3N4O4S2. The van der Waals surface area contributed by atoms with E-state index in [1.807, 2.05) is 0 Å². The molecule has 3 aromatic heterocycles. The van der Waals surface area contributed by atoms with Crippen molar-refractivity contribution in [2.45, 2.75) is 29.8 Å². The molecule has 0 spiro atoms. The van der Waals surface area contributed by atoms with Crippen LogP contribution in [0.1, 0.15) is 19.4 Å². The molecule has 0 aliphatic carbocycles. The highest BCUT2D eigenvalue weighted by Gasteiger charge is 2.32. The van der Waals surface area contributed by atoms with E-state index in [4.69, 9.17) is 0 Å². The number of pyridine rings is 2. The van der Waals surface area contributed by atoms with Gasteiger partial charge in [0.25, 0.3) is 0 Å². The Morgan fingerprint density at radius 2 is 1.62 bits per heavy atom. The van der Waals surface area contributed by atoms with E-state index in [0.717, 1.165) is 6.07 Å². The number of nitrogens with zero attached hydrogens (tertiary/aromatic N) is 4. The van der Waals surface area contributed by atoms with Crippen molar-refractivity contribution in [3.63, 3.8) is 0 Å². The SMILES string of the molecule is CCS(=O)(=O)c1ccc2c(S(=O)(=O)CC)c(-c3nc4cc(C(F)(F)F)cnc4n3C)ncc2c1. The Hall–Kier alpha value is -3.06. The van der Waals surface area contributed by atoms with Gasteiger partial charge < -0.3 is 4.57 Å². The molecule has 0 saturated heterocycles. The molecule has 3 heterocycles. The predicted octanol–water partition coefficient (Wildman–Crippen LogP) is 3.79. The lowest BCUT2D eigenvalue weighted by Gasteiger charge is -2.13. The fourth-order valence-corrected chi connectivity index (χ4v) is 5.76. The number of sulfone groups is 2. The molecule has 13 heteroatoms. The molecule has 8 nitrogen and oxygen atoms in total. The average molecular weight is 513 g/mol. The van der Waals surface area contributed by atoms with E-state index in [1.165, 1.54) is 49.9 Å². The van der Waals surface area contributed by atoms with Crippen LogP contribution in [0.25, 0.3) is 33.5 Å². The van der Waals surface area contributed by atoms with Crippen molar-refractivity contribution in [2.24, 2.45) is 7.05 Å². The minimum Gasteiger partial charge on any atom is -0.310 e. The first-order valence-corrected chi connectivity index (χ1v) is 13.4. The van der Waals surface area contributed by atoms with Crippen molar-refractivity contribution >= 4 is 41.6 Å². The molecule has 4 rings (SSSR count). The summed E-state index contributed by atoms with van der Waals surface area (Å²) in [5.74, 6) is -0.395. The Bertz CT molecular complexity index is 1660. The van der Waals surface area contributed by atoms with Gasteiger partial charge in [-0.1, -0.05) is 19.9 Å². The van der Waals surface area contributed by atoms with Gasteiger partial charge in [0.1, 0.15) is 16.1 Å². The van der Waals surface area contributed by atoms with Crippen LogP contribution in [0.3, 0.4) is 0 Å². The maximum Gasteiger partial charge on any atom is 0.417 e. The minimum atomic E-state index is -4.62. The third-order valence-corrected chi connectivity index (χ3v) is 9.02. The van der Waals surface area contributed by atoms with Gasteiger partial charge in [-0.25, -0.2) is 26.8 Å². The third kappa shape index (κ3) is 3.92. The Morgan fingerprint density at radius 1 is 0.941 bits per heavy atom. The molecule has 1 aromatic carbocycles. The lowest BCUT2D eigenvalue weighted by molar-refractivity contribution is -0.137. The normalized spacial score (nSPS) is 13.1. The van der Waals surface area contributed by atoms with Gasteiger partial charge >= 0.3 is 6.18 Å². The topological polar surface area (TPSA) is 112 Å². The van der Waals surface area contributed by atoms with Gasteiger partial charge in [0, 0.05) is 30.2 Å². The van der Waals surface area contributed by atoms with Crippen LogP contribution in [0, 0.1) is 0 Å². The smallest absolute Gasteiger partial charge is 0.310 e. The standard InChI is InChI=1S/C21H19F3N4O4S2/c1-4-33(29,30)14-6-7-15-12(8-14)10-25-17(18(15)34(31,32)5-2)20-27-16-9-13(21(22,23)24)11-26-19(16)28(20)3/h6-11H,4-5H2,1-3H3. The van der Waals surface area contributed by atoms with Crippen LogP contribution >= 0.6 is 0 Å². The number of alkyl halides is 3. The van der Waals surface area contributed by atoms with E-state index in [-0.39, 0.29) is 49.4 Å². The van der Waals surface area contributed by atoms with Gasteiger partial charge in [-0.3, -0.25) is 4.98 Å². The number of benzene rings is 1. The molecule has 0 radical (unpaired) electrons. The third-order valence-electron chi connectivity index (χ3n) is 5.49. The monoisotopic (exact) mass is 512 g/mol. The summed E-state index contributed by atoms with van der Waals surface area (Å²) in [6.07, 6.45) is -2.61. The van der Waals surface area contributed by atoms with Gasteiger partial charge in [-0.15, -0.1) is 0 Å². The van der Waals surface area contributed by atoms with Crippen molar-refractivity contribution in [3.8, 4) is 11.5 Å². The molecule has 0 unspecified atom stereocenters. The van der Waals surface area contributed by atoms with E-state index in [2.05, 4.69) is 15.0 Å². The van der Waals surface area contributed by atoms with Crippen molar-refractivity contribution in [3.05, 3.63) is 42.2 Å². The van der Waals surface area contributed by atoms with Gasteiger partial charge in [-0.05, 0) is 18.2 Å². The summed E-state index contributed by atoms with van der Waals surface area (Å²) >= 11 is 0. The van der Waals surface area contributed by atoms with Gasteiger partial charge in [0.2, 0.25) is 0 Å². The fourth-order valence-electron chi connectivity index (χ4n) is 3.60. The highest BCUT2D eigenvalue weighted by molar-refractivity contribution is 7.92. The first-order valence-electron chi connectivity index (χ1n) is 10.1. The lowest BCUT2D eigenvalue weighted by atomic mass is 10.1. The molecule has 34 heavy (non-hydrogen) atoms. The number of hydrogen-bond acceptors (Lipinski definition) is 7. The van der Waals surface area contributed by atoms with Gasteiger partial charge in [0.15, 0.2) is 31.1 Å². The Morgan fingerprint density at radius 3 is 2.24 bits per heavy atom.